The molecule has 4 aromatic rings. The normalized spacial score (nSPS) is 11.1. The molecule has 0 spiro atoms. The summed E-state index contributed by atoms with van der Waals surface area (Å²) in [6.45, 7) is 0.465. The summed E-state index contributed by atoms with van der Waals surface area (Å²) in [7, 11) is 0. The first-order valence-electron chi connectivity index (χ1n) is 8.67. The molecule has 0 fully saturated rings. The van der Waals surface area contributed by atoms with Gasteiger partial charge < -0.3 is 0 Å². The van der Waals surface area contributed by atoms with Gasteiger partial charge in [0.1, 0.15) is 0 Å². The number of hydrogen-bond acceptors (Lipinski definition) is 6. The molecule has 0 aliphatic carbocycles. The second-order valence-corrected chi connectivity index (χ2v) is 7.93. The molecule has 144 valence electrons. The topological polar surface area (TPSA) is 85.1 Å². The second-order valence-electron chi connectivity index (χ2n) is 6.07. The lowest BCUT2D eigenvalue weighted by Gasteiger charge is -2.03. The quantitative estimate of drug-likeness (QED) is 0.344. The average Bonchev–Trinajstić information content (AvgIpc) is 3.38. The largest absolute Gasteiger partial charge is 0.271 e. The van der Waals surface area contributed by atoms with Gasteiger partial charge in [-0.2, -0.15) is 9.90 Å². The number of nitrogens with zero attached hydrogens (tertiary/aromatic N) is 5. The summed E-state index contributed by atoms with van der Waals surface area (Å²) in [5.74, 6) is 0.311. The van der Waals surface area contributed by atoms with E-state index in [9.17, 15) is 4.79 Å². The summed E-state index contributed by atoms with van der Waals surface area (Å²) in [5, 5.41) is 18.5. The number of carbonyl (C=O) groups is 1. The molecule has 0 aliphatic heterocycles. The number of tetrazole rings is 1. The number of thiophene rings is 1. The molecule has 2 aromatic carbocycles. The van der Waals surface area contributed by atoms with Gasteiger partial charge in [-0.1, -0.05) is 42.5 Å². The highest BCUT2D eigenvalue weighted by Gasteiger charge is 2.07. The third kappa shape index (κ3) is 5.01. The van der Waals surface area contributed by atoms with Crippen LogP contribution < -0.4 is 5.43 Å². The van der Waals surface area contributed by atoms with Gasteiger partial charge in [-0.3, -0.25) is 4.79 Å². The van der Waals surface area contributed by atoms with Crippen molar-refractivity contribution < 1.29 is 4.79 Å². The summed E-state index contributed by atoms with van der Waals surface area (Å²) >= 11 is 4.91. The standard InChI is InChI=1S/C20H15BrN6OS/c21-17-10-18(29-13-17)11-22-24-20(28)16-8-6-14(7-9-16)12-27-25-19(23-26-27)15-4-2-1-3-5-15/h1-11,13H,12H2,(H,24,28)/b22-11-. The van der Waals surface area contributed by atoms with E-state index in [0.717, 1.165) is 20.5 Å². The molecule has 0 saturated carbocycles. The van der Waals surface area contributed by atoms with Gasteiger partial charge in [-0.15, -0.1) is 21.5 Å². The smallest absolute Gasteiger partial charge is 0.267 e. The predicted octanol–water partition coefficient (Wildman–Crippen LogP) is 3.98. The third-order valence-corrected chi connectivity index (χ3v) is 5.60. The van der Waals surface area contributed by atoms with Gasteiger partial charge in [0.25, 0.3) is 5.91 Å². The van der Waals surface area contributed by atoms with Gasteiger partial charge in [0, 0.05) is 25.9 Å². The number of rotatable bonds is 6. The fourth-order valence-corrected chi connectivity index (χ4v) is 3.86. The van der Waals surface area contributed by atoms with Crippen molar-refractivity contribution >= 4 is 39.4 Å². The Bertz CT molecular complexity index is 1140. The summed E-state index contributed by atoms with van der Waals surface area (Å²) < 4.78 is 0.989. The molecule has 29 heavy (non-hydrogen) atoms. The molecule has 4 rings (SSSR count). The van der Waals surface area contributed by atoms with Crippen LogP contribution in [0, 0.1) is 0 Å². The Morgan fingerprint density at radius 2 is 1.97 bits per heavy atom. The van der Waals surface area contributed by atoms with E-state index in [1.54, 1.807) is 18.3 Å². The van der Waals surface area contributed by atoms with E-state index >= 15 is 0 Å². The lowest BCUT2D eigenvalue weighted by Crippen LogP contribution is -2.17. The fourth-order valence-electron chi connectivity index (χ4n) is 2.55. The number of benzene rings is 2. The molecule has 1 amide bonds. The highest BCUT2D eigenvalue weighted by Crippen LogP contribution is 2.17. The minimum absolute atomic E-state index is 0.270. The van der Waals surface area contributed by atoms with E-state index in [0.29, 0.717) is 17.9 Å². The van der Waals surface area contributed by atoms with Gasteiger partial charge >= 0.3 is 0 Å². The molecule has 0 aliphatic rings. The van der Waals surface area contributed by atoms with Crippen molar-refractivity contribution in [1.29, 1.82) is 0 Å². The van der Waals surface area contributed by atoms with Gasteiger partial charge in [0.15, 0.2) is 0 Å². The Kier molecular flexibility index (Phi) is 5.87. The molecule has 2 aromatic heterocycles. The van der Waals surface area contributed by atoms with Crippen LogP contribution >= 0.6 is 27.3 Å². The Morgan fingerprint density at radius 3 is 2.69 bits per heavy atom. The number of amides is 1. The average molecular weight is 467 g/mol. The highest BCUT2D eigenvalue weighted by atomic mass is 79.9. The van der Waals surface area contributed by atoms with Crippen molar-refractivity contribution in [3.05, 3.63) is 86.5 Å². The van der Waals surface area contributed by atoms with Gasteiger partial charge in [-0.05, 0) is 44.9 Å². The van der Waals surface area contributed by atoms with Crippen molar-refractivity contribution in [2.45, 2.75) is 6.54 Å². The lowest BCUT2D eigenvalue weighted by molar-refractivity contribution is 0.0955. The highest BCUT2D eigenvalue weighted by molar-refractivity contribution is 9.10. The van der Waals surface area contributed by atoms with Gasteiger partial charge in [-0.25, -0.2) is 5.43 Å². The molecule has 2 heterocycles. The monoisotopic (exact) mass is 466 g/mol. The zero-order valence-electron chi connectivity index (χ0n) is 15.1. The van der Waals surface area contributed by atoms with Crippen LogP contribution in [0.25, 0.3) is 11.4 Å². The first-order chi connectivity index (χ1) is 14.2. The number of hydrogen-bond donors (Lipinski definition) is 1. The molecule has 7 nitrogen and oxygen atoms in total. The van der Waals surface area contributed by atoms with E-state index in [1.807, 2.05) is 53.9 Å². The van der Waals surface area contributed by atoms with Gasteiger partial charge in [0.05, 0.1) is 12.8 Å². The molecule has 0 atom stereocenters. The van der Waals surface area contributed by atoms with Crippen LogP contribution in [0.5, 0.6) is 0 Å². The molecule has 9 heteroatoms. The van der Waals surface area contributed by atoms with Crippen LogP contribution in [-0.4, -0.2) is 32.3 Å². The molecule has 1 N–H and O–H groups in total. The molecule has 0 unspecified atom stereocenters. The first-order valence-corrected chi connectivity index (χ1v) is 10.3. The molecule has 0 bridgehead atoms. The Balaban J connectivity index is 1.36. The van der Waals surface area contributed by atoms with Crippen molar-refractivity contribution in [1.82, 2.24) is 25.6 Å². The number of aromatic nitrogens is 4. The molecule has 0 saturated heterocycles. The third-order valence-electron chi connectivity index (χ3n) is 3.97. The van der Waals surface area contributed by atoms with Crippen LogP contribution in [0.15, 0.2) is 75.6 Å². The maximum absolute atomic E-state index is 12.2. The van der Waals surface area contributed by atoms with Crippen LogP contribution in [-0.2, 0) is 6.54 Å². The summed E-state index contributed by atoms with van der Waals surface area (Å²) in [6.07, 6.45) is 1.61. The minimum atomic E-state index is -0.270. The zero-order valence-corrected chi connectivity index (χ0v) is 17.5. The molecular weight excluding hydrogens is 452 g/mol. The van der Waals surface area contributed by atoms with Crippen molar-refractivity contribution in [3.8, 4) is 11.4 Å². The number of nitrogens with one attached hydrogen (secondary N) is 1. The second kappa shape index (κ2) is 8.89. The Morgan fingerprint density at radius 1 is 1.17 bits per heavy atom. The Hall–Kier alpha value is -3.17. The van der Waals surface area contributed by atoms with E-state index in [1.165, 1.54) is 16.1 Å². The van der Waals surface area contributed by atoms with Crippen molar-refractivity contribution in [2.75, 3.05) is 0 Å². The van der Waals surface area contributed by atoms with E-state index < -0.39 is 0 Å². The van der Waals surface area contributed by atoms with E-state index in [4.69, 9.17) is 0 Å². The lowest BCUT2D eigenvalue weighted by atomic mass is 10.1. The van der Waals surface area contributed by atoms with Gasteiger partial charge in [0.2, 0.25) is 5.82 Å². The predicted molar refractivity (Wildman–Crippen MR) is 116 cm³/mol. The van der Waals surface area contributed by atoms with E-state index in [2.05, 4.69) is 41.9 Å². The van der Waals surface area contributed by atoms with Crippen LogP contribution in [0.2, 0.25) is 0 Å². The summed E-state index contributed by atoms with van der Waals surface area (Å²) in [6, 6.07) is 18.8. The maximum Gasteiger partial charge on any atom is 0.271 e. The maximum atomic E-state index is 12.2. The number of halogens is 1. The zero-order chi connectivity index (χ0) is 20.1. The SMILES string of the molecule is O=C(N/N=C\c1cc(Br)cs1)c1ccc(Cn2nnc(-c3ccccc3)n2)cc1. The van der Waals surface area contributed by atoms with E-state index in [-0.39, 0.29) is 5.91 Å². The van der Waals surface area contributed by atoms with Crippen molar-refractivity contribution in [3.63, 3.8) is 0 Å². The molecular formula is C20H15BrN6OS. The summed E-state index contributed by atoms with van der Waals surface area (Å²) in [4.78, 5) is 14.7. The minimum Gasteiger partial charge on any atom is -0.267 e. The summed E-state index contributed by atoms with van der Waals surface area (Å²) in [5.41, 5.74) is 4.93. The van der Waals surface area contributed by atoms with Crippen LogP contribution in [0.4, 0.5) is 0 Å². The first kappa shape index (κ1) is 19.2. The van der Waals surface area contributed by atoms with Crippen molar-refractivity contribution in [2.24, 2.45) is 5.10 Å². The number of hydrazone groups is 1. The number of carbonyl (C=O) groups excluding carboxylic acids is 1. The van der Waals surface area contributed by atoms with Crippen LogP contribution in [0.3, 0.4) is 0 Å². The molecule has 0 radical (unpaired) electrons. The fraction of sp³-hybridized carbons (Fsp3) is 0.0500. The van der Waals surface area contributed by atoms with Crippen LogP contribution in [0.1, 0.15) is 20.8 Å². The Labute approximate surface area is 179 Å².